The van der Waals surface area contributed by atoms with Gasteiger partial charge in [0.15, 0.2) is 11.3 Å². The van der Waals surface area contributed by atoms with Crippen molar-refractivity contribution in [3.63, 3.8) is 0 Å². The maximum atomic E-state index is 12.2. The number of nitrogens with one attached hydrogen (secondary N) is 1. The molecule has 24 heavy (non-hydrogen) atoms. The Labute approximate surface area is 144 Å². The molecule has 0 fully saturated rings. The van der Waals surface area contributed by atoms with Crippen molar-refractivity contribution in [2.24, 2.45) is 0 Å². The number of anilines is 1. The molecular formula is C17H17ClN2O4. The van der Waals surface area contributed by atoms with Crippen LogP contribution in [0.4, 0.5) is 5.69 Å². The van der Waals surface area contributed by atoms with Crippen molar-refractivity contribution < 1.29 is 19.1 Å². The van der Waals surface area contributed by atoms with E-state index in [1.165, 1.54) is 12.3 Å². The molecule has 0 bridgehead atoms. The van der Waals surface area contributed by atoms with Gasteiger partial charge in [0.2, 0.25) is 0 Å². The molecule has 0 aliphatic heterocycles. The van der Waals surface area contributed by atoms with Gasteiger partial charge in [-0.25, -0.2) is 9.78 Å². The molecule has 1 N–H and O–H groups in total. The van der Waals surface area contributed by atoms with Gasteiger partial charge in [-0.3, -0.25) is 4.79 Å². The van der Waals surface area contributed by atoms with Crippen molar-refractivity contribution in [2.45, 2.75) is 20.0 Å². The number of rotatable bonds is 6. The van der Waals surface area contributed by atoms with Crippen LogP contribution in [0.25, 0.3) is 0 Å². The highest BCUT2D eigenvalue weighted by Gasteiger charge is 2.17. The van der Waals surface area contributed by atoms with E-state index in [1.807, 2.05) is 0 Å². The van der Waals surface area contributed by atoms with Gasteiger partial charge in [0.05, 0.1) is 17.9 Å². The molecule has 7 heteroatoms. The minimum atomic E-state index is -0.793. The highest BCUT2D eigenvalue weighted by molar-refractivity contribution is 6.32. The largest absolute Gasteiger partial charge is 0.481 e. The molecule has 1 heterocycles. The smallest absolute Gasteiger partial charge is 0.338 e. The Morgan fingerprint density at radius 1 is 1.29 bits per heavy atom. The highest BCUT2D eigenvalue weighted by atomic mass is 35.5. The fourth-order valence-electron chi connectivity index (χ4n) is 1.88. The molecule has 0 saturated heterocycles. The van der Waals surface area contributed by atoms with E-state index in [-0.39, 0.29) is 17.7 Å². The Kier molecular flexibility index (Phi) is 6.14. The second-order valence-electron chi connectivity index (χ2n) is 4.84. The molecule has 6 nitrogen and oxygen atoms in total. The zero-order chi connectivity index (χ0) is 17.5. The molecule has 0 radical (unpaired) electrons. The molecular weight excluding hydrogens is 332 g/mol. The van der Waals surface area contributed by atoms with Crippen LogP contribution in [-0.4, -0.2) is 29.6 Å². The summed E-state index contributed by atoms with van der Waals surface area (Å²) < 4.78 is 10.5. The van der Waals surface area contributed by atoms with Gasteiger partial charge in [-0.1, -0.05) is 17.7 Å². The summed E-state index contributed by atoms with van der Waals surface area (Å²) in [4.78, 5) is 27.8. The number of pyridine rings is 1. The van der Waals surface area contributed by atoms with Crippen LogP contribution >= 0.6 is 11.6 Å². The molecule has 1 aromatic carbocycles. The Morgan fingerprint density at radius 3 is 2.79 bits per heavy atom. The summed E-state index contributed by atoms with van der Waals surface area (Å²) in [6.07, 6.45) is 0.734. The summed E-state index contributed by atoms with van der Waals surface area (Å²) in [7, 11) is 0. The Bertz CT molecular complexity index is 736. The summed E-state index contributed by atoms with van der Waals surface area (Å²) in [5.74, 6) is -0.436. The van der Waals surface area contributed by atoms with Crippen LogP contribution in [0.5, 0.6) is 5.75 Å². The van der Waals surface area contributed by atoms with Gasteiger partial charge in [0.25, 0.3) is 5.91 Å². The van der Waals surface area contributed by atoms with Crippen LogP contribution in [0.15, 0.2) is 42.6 Å². The number of nitrogens with zero attached hydrogens (tertiary/aromatic N) is 1. The summed E-state index contributed by atoms with van der Waals surface area (Å²) in [5.41, 5.74) is 0.761. The van der Waals surface area contributed by atoms with Crippen molar-refractivity contribution in [3.8, 4) is 5.75 Å². The number of carbonyl (C=O) groups is 2. The Morgan fingerprint density at radius 2 is 2.08 bits per heavy atom. The number of halogens is 1. The molecule has 2 rings (SSSR count). The van der Waals surface area contributed by atoms with E-state index in [0.717, 1.165) is 0 Å². The van der Waals surface area contributed by atoms with Crippen LogP contribution in [0.1, 0.15) is 24.2 Å². The van der Waals surface area contributed by atoms with E-state index >= 15 is 0 Å². The molecule has 1 aromatic heterocycles. The summed E-state index contributed by atoms with van der Waals surface area (Å²) in [6, 6.07) is 9.76. The fourth-order valence-corrected chi connectivity index (χ4v) is 2.05. The lowest BCUT2D eigenvalue weighted by molar-refractivity contribution is -0.122. The van der Waals surface area contributed by atoms with E-state index < -0.39 is 12.1 Å². The molecule has 0 unspecified atom stereocenters. The first-order valence-corrected chi connectivity index (χ1v) is 7.74. The average Bonchev–Trinajstić information content (AvgIpc) is 2.57. The minimum absolute atomic E-state index is 0.197. The van der Waals surface area contributed by atoms with Crippen LogP contribution in [0, 0.1) is 0 Å². The monoisotopic (exact) mass is 348 g/mol. The third-order valence-corrected chi connectivity index (χ3v) is 3.35. The maximum Gasteiger partial charge on any atom is 0.338 e. The van der Waals surface area contributed by atoms with Crippen molar-refractivity contribution in [2.75, 3.05) is 11.9 Å². The molecule has 0 aliphatic rings. The molecule has 1 amide bonds. The summed E-state index contributed by atoms with van der Waals surface area (Å²) >= 11 is 5.90. The average molecular weight is 349 g/mol. The minimum Gasteiger partial charge on any atom is -0.481 e. The first kappa shape index (κ1) is 17.7. The second-order valence-corrected chi connectivity index (χ2v) is 5.20. The van der Waals surface area contributed by atoms with Gasteiger partial charge in [-0.2, -0.15) is 0 Å². The number of amides is 1. The van der Waals surface area contributed by atoms with Crippen LogP contribution < -0.4 is 10.1 Å². The summed E-state index contributed by atoms with van der Waals surface area (Å²) in [5, 5.41) is 2.83. The fraction of sp³-hybridized carbons (Fsp3) is 0.235. The topological polar surface area (TPSA) is 77.5 Å². The van der Waals surface area contributed by atoms with Crippen molar-refractivity contribution >= 4 is 29.2 Å². The van der Waals surface area contributed by atoms with Gasteiger partial charge in [0.1, 0.15) is 5.75 Å². The van der Waals surface area contributed by atoms with Gasteiger partial charge in [-0.15, -0.1) is 0 Å². The van der Waals surface area contributed by atoms with E-state index in [4.69, 9.17) is 21.1 Å². The van der Waals surface area contributed by atoms with Crippen LogP contribution in [0.2, 0.25) is 5.15 Å². The number of aromatic nitrogens is 1. The lowest BCUT2D eigenvalue weighted by atomic mass is 10.2. The lowest BCUT2D eigenvalue weighted by Gasteiger charge is -2.15. The quantitative estimate of drug-likeness (QED) is 0.640. The molecule has 0 aliphatic carbocycles. The first-order chi connectivity index (χ1) is 11.5. The van der Waals surface area contributed by atoms with Crippen LogP contribution in [0.3, 0.4) is 0 Å². The standard InChI is InChI=1S/C17H17ClN2O4/c1-3-23-17(22)12-6-4-7-13(10-12)24-11(2)16(21)20-14-8-5-9-19-15(14)18/h4-11H,3H2,1-2H3,(H,20,21)/t11-/m0/s1. The molecule has 0 spiro atoms. The van der Waals surface area contributed by atoms with Gasteiger partial charge >= 0.3 is 5.97 Å². The van der Waals surface area contributed by atoms with E-state index in [0.29, 0.717) is 17.0 Å². The SMILES string of the molecule is CCOC(=O)c1cccc(O[C@@H](C)C(=O)Nc2cccnc2Cl)c1. The predicted molar refractivity (Wildman–Crippen MR) is 90.4 cm³/mol. The number of esters is 1. The number of ether oxygens (including phenoxy) is 2. The normalized spacial score (nSPS) is 11.5. The number of hydrogen-bond acceptors (Lipinski definition) is 5. The van der Waals surface area contributed by atoms with Gasteiger partial charge in [0, 0.05) is 6.20 Å². The van der Waals surface area contributed by atoms with Crippen molar-refractivity contribution in [1.82, 2.24) is 4.98 Å². The van der Waals surface area contributed by atoms with Crippen molar-refractivity contribution in [1.29, 1.82) is 0 Å². The first-order valence-electron chi connectivity index (χ1n) is 7.36. The third-order valence-electron chi connectivity index (χ3n) is 3.04. The van der Waals surface area contributed by atoms with Gasteiger partial charge < -0.3 is 14.8 Å². The Hall–Kier alpha value is -2.60. The van der Waals surface area contributed by atoms with Crippen LogP contribution in [-0.2, 0) is 9.53 Å². The zero-order valence-electron chi connectivity index (χ0n) is 13.3. The number of benzene rings is 1. The van der Waals surface area contributed by atoms with Crippen molar-refractivity contribution in [3.05, 3.63) is 53.3 Å². The lowest BCUT2D eigenvalue weighted by Crippen LogP contribution is -2.30. The Balaban J connectivity index is 2.02. The zero-order valence-corrected chi connectivity index (χ0v) is 14.0. The third kappa shape index (κ3) is 4.70. The second kappa shape index (κ2) is 8.31. The molecule has 126 valence electrons. The van der Waals surface area contributed by atoms with E-state index in [2.05, 4.69) is 10.3 Å². The predicted octanol–water partition coefficient (Wildman–Crippen LogP) is 3.32. The summed E-state index contributed by atoms with van der Waals surface area (Å²) in [6.45, 7) is 3.61. The molecule has 0 saturated carbocycles. The van der Waals surface area contributed by atoms with E-state index in [9.17, 15) is 9.59 Å². The number of hydrogen-bond donors (Lipinski definition) is 1. The molecule has 2 aromatic rings. The van der Waals surface area contributed by atoms with Gasteiger partial charge in [-0.05, 0) is 44.2 Å². The molecule has 1 atom stereocenters. The highest BCUT2D eigenvalue weighted by Crippen LogP contribution is 2.19. The number of carbonyl (C=O) groups excluding carboxylic acids is 2. The van der Waals surface area contributed by atoms with E-state index in [1.54, 1.807) is 44.2 Å². The maximum absolute atomic E-state index is 12.2.